The van der Waals surface area contributed by atoms with Crippen molar-refractivity contribution in [3.63, 3.8) is 0 Å². The van der Waals surface area contributed by atoms with Crippen LogP contribution in [0, 0.1) is 0 Å². The molecular weight excluding hydrogens is 306 g/mol. The Morgan fingerprint density at radius 1 is 1.24 bits per heavy atom. The largest absolute Gasteiger partial charge is 0.351 e. The van der Waals surface area contributed by atoms with Gasteiger partial charge in [-0.15, -0.1) is 32.9 Å². The molecule has 3 aromatic heterocycles. The topological polar surface area (TPSA) is 72.7 Å². The molecule has 21 heavy (non-hydrogen) atoms. The number of thiophene rings is 2. The molecule has 0 saturated heterocycles. The fraction of sp³-hybridized carbons (Fsp3) is 0.231. The lowest BCUT2D eigenvalue weighted by molar-refractivity contribution is -0.121. The summed E-state index contributed by atoms with van der Waals surface area (Å²) in [7, 11) is 0. The molecule has 0 radical (unpaired) electrons. The summed E-state index contributed by atoms with van der Waals surface area (Å²) in [6.07, 6.45) is 0.339. The maximum absolute atomic E-state index is 11.8. The van der Waals surface area contributed by atoms with Crippen LogP contribution < -0.4 is 5.32 Å². The third kappa shape index (κ3) is 3.73. The molecular formula is C13H13N5OS2. The van der Waals surface area contributed by atoms with Crippen molar-refractivity contribution in [1.82, 2.24) is 25.5 Å². The number of nitrogens with one attached hydrogen (secondary N) is 1. The van der Waals surface area contributed by atoms with Crippen LogP contribution in [0.15, 0.2) is 35.0 Å². The lowest BCUT2D eigenvalue weighted by Crippen LogP contribution is -2.23. The van der Waals surface area contributed by atoms with E-state index in [0.717, 1.165) is 9.75 Å². The Balaban J connectivity index is 1.47. The van der Waals surface area contributed by atoms with Crippen LogP contribution in [0.3, 0.4) is 0 Å². The van der Waals surface area contributed by atoms with Gasteiger partial charge >= 0.3 is 0 Å². The summed E-state index contributed by atoms with van der Waals surface area (Å²) in [6.45, 7) is 0.996. The van der Waals surface area contributed by atoms with Gasteiger partial charge in [-0.05, 0) is 28.1 Å². The second-order valence-corrected chi connectivity index (χ2v) is 6.27. The third-order valence-electron chi connectivity index (χ3n) is 2.77. The predicted molar refractivity (Wildman–Crippen MR) is 81.9 cm³/mol. The Kier molecular flexibility index (Phi) is 4.37. The molecule has 0 aliphatic rings. The number of hydrogen-bond acceptors (Lipinski definition) is 6. The Labute approximate surface area is 129 Å². The zero-order chi connectivity index (χ0) is 14.5. The highest BCUT2D eigenvalue weighted by molar-refractivity contribution is 7.13. The van der Waals surface area contributed by atoms with Crippen LogP contribution in [-0.4, -0.2) is 26.1 Å². The Morgan fingerprint density at radius 3 is 2.86 bits per heavy atom. The van der Waals surface area contributed by atoms with E-state index in [1.54, 1.807) is 22.7 Å². The van der Waals surface area contributed by atoms with Crippen molar-refractivity contribution in [3.8, 4) is 10.7 Å². The van der Waals surface area contributed by atoms with Crippen molar-refractivity contribution >= 4 is 28.6 Å². The smallest absolute Gasteiger partial charge is 0.222 e. The first-order chi connectivity index (χ1) is 10.3. The van der Waals surface area contributed by atoms with Crippen LogP contribution in [0.1, 0.15) is 11.3 Å². The zero-order valence-electron chi connectivity index (χ0n) is 11.1. The third-order valence-corrected chi connectivity index (χ3v) is 4.52. The molecule has 3 heterocycles. The Hall–Kier alpha value is -2.06. The number of tetrazole rings is 1. The summed E-state index contributed by atoms with van der Waals surface area (Å²) < 4.78 is 0. The van der Waals surface area contributed by atoms with E-state index in [2.05, 4.69) is 20.7 Å². The number of carbonyl (C=O) groups excluding carboxylic acids is 1. The first-order valence-corrected chi connectivity index (χ1v) is 8.18. The second kappa shape index (κ2) is 6.59. The summed E-state index contributed by atoms with van der Waals surface area (Å²) >= 11 is 3.19. The average Bonchev–Trinajstić information content (AvgIpc) is 3.24. The number of aryl methyl sites for hydroxylation is 1. The van der Waals surface area contributed by atoms with E-state index in [1.807, 2.05) is 35.0 Å². The van der Waals surface area contributed by atoms with Crippen LogP contribution in [0.5, 0.6) is 0 Å². The van der Waals surface area contributed by atoms with E-state index >= 15 is 0 Å². The van der Waals surface area contributed by atoms with Gasteiger partial charge in [-0.2, -0.15) is 4.80 Å². The SMILES string of the molecule is O=C(CCn1nnc(-c2cccs2)n1)NCc1cccs1. The number of rotatable bonds is 6. The van der Waals surface area contributed by atoms with Crippen molar-refractivity contribution in [3.05, 3.63) is 39.9 Å². The number of amides is 1. The van der Waals surface area contributed by atoms with Crippen molar-refractivity contribution in [2.45, 2.75) is 19.5 Å². The van der Waals surface area contributed by atoms with E-state index in [-0.39, 0.29) is 5.91 Å². The summed E-state index contributed by atoms with van der Waals surface area (Å²) in [5.41, 5.74) is 0. The van der Waals surface area contributed by atoms with Gasteiger partial charge in [-0.25, -0.2) is 0 Å². The normalized spacial score (nSPS) is 10.7. The summed E-state index contributed by atoms with van der Waals surface area (Å²) in [5, 5.41) is 19.0. The quantitative estimate of drug-likeness (QED) is 0.756. The van der Waals surface area contributed by atoms with Gasteiger partial charge in [-0.1, -0.05) is 12.1 Å². The molecule has 0 saturated carbocycles. The van der Waals surface area contributed by atoms with Crippen molar-refractivity contribution < 1.29 is 4.79 Å². The molecule has 0 spiro atoms. The van der Waals surface area contributed by atoms with Crippen LogP contribution in [0.4, 0.5) is 0 Å². The fourth-order valence-corrected chi connectivity index (χ4v) is 3.02. The van der Waals surface area contributed by atoms with E-state index < -0.39 is 0 Å². The maximum atomic E-state index is 11.8. The van der Waals surface area contributed by atoms with Gasteiger partial charge in [0.15, 0.2) is 0 Å². The minimum absolute atomic E-state index is 0.0154. The molecule has 108 valence electrons. The van der Waals surface area contributed by atoms with Crippen LogP contribution >= 0.6 is 22.7 Å². The molecule has 8 heteroatoms. The monoisotopic (exact) mass is 319 g/mol. The molecule has 0 atom stereocenters. The molecule has 0 aliphatic heterocycles. The molecule has 0 fully saturated rings. The number of nitrogens with zero attached hydrogens (tertiary/aromatic N) is 4. The van der Waals surface area contributed by atoms with Gasteiger partial charge in [0.05, 0.1) is 18.0 Å². The van der Waals surface area contributed by atoms with Gasteiger partial charge in [-0.3, -0.25) is 4.79 Å². The standard InChI is InChI=1S/C13H13N5OS2/c19-12(14-9-10-3-1-7-20-10)5-6-18-16-13(15-17-18)11-4-2-8-21-11/h1-4,7-8H,5-6,9H2,(H,14,19). The van der Waals surface area contributed by atoms with Gasteiger partial charge in [0.1, 0.15) is 0 Å². The molecule has 0 unspecified atom stereocenters. The summed E-state index contributed by atoms with van der Waals surface area (Å²) in [5.74, 6) is 0.586. The fourth-order valence-electron chi connectivity index (χ4n) is 1.73. The highest BCUT2D eigenvalue weighted by Crippen LogP contribution is 2.19. The van der Waals surface area contributed by atoms with E-state index in [4.69, 9.17) is 0 Å². The minimum atomic E-state index is -0.0154. The Morgan fingerprint density at radius 2 is 2.10 bits per heavy atom. The van der Waals surface area contributed by atoms with Crippen molar-refractivity contribution in [2.24, 2.45) is 0 Å². The van der Waals surface area contributed by atoms with Gasteiger partial charge < -0.3 is 5.32 Å². The first kappa shape index (κ1) is 13.9. The lowest BCUT2D eigenvalue weighted by atomic mass is 10.4. The molecule has 0 aromatic carbocycles. The first-order valence-electron chi connectivity index (χ1n) is 6.42. The average molecular weight is 319 g/mol. The van der Waals surface area contributed by atoms with E-state index in [1.165, 1.54) is 4.80 Å². The van der Waals surface area contributed by atoms with Crippen LogP contribution in [-0.2, 0) is 17.9 Å². The molecule has 1 amide bonds. The predicted octanol–water partition coefficient (Wildman–Crippen LogP) is 2.17. The molecule has 3 rings (SSSR count). The van der Waals surface area contributed by atoms with Crippen molar-refractivity contribution in [2.75, 3.05) is 0 Å². The van der Waals surface area contributed by atoms with Crippen LogP contribution in [0.2, 0.25) is 0 Å². The maximum Gasteiger partial charge on any atom is 0.222 e. The molecule has 3 aromatic rings. The second-order valence-electron chi connectivity index (χ2n) is 4.29. The molecule has 0 bridgehead atoms. The van der Waals surface area contributed by atoms with Gasteiger partial charge in [0.25, 0.3) is 0 Å². The minimum Gasteiger partial charge on any atom is -0.351 e. The van der Waals surface area contributed by atoms with Crippen molar-refractivity contribution in [1.29, 1.82) is 0 Å². The summed E-state index contributed by atoms with van der Waals surface area (Å²) in [4.78, 5) is 15.3. The highest BCUT2D eigenvalue weighted by atomic mass is 32.1. The van der Waals surface area contributed by atoms with E-state index in [0.29, 0.717) is 25.3 Å². The number of aromatic nitrogens is 4. The van der Waals surface area contributed by atoms with Gasteiger partial charge in [0, 0.05) is 11.3 Å². The van der Waals surface area contributed by atoms with E-state index in [9.17, 15) is 4.79 Å². The molecule has 1 N–H and O–H groups in total. The zero-order valence-corrected chi connectivity index (χ0v) is 12.7. The lowest BCUT2D eigenvalue weighted by Gasteiger charge is -2.02. The number of hydrogen-bond donors (Lipinski definition) is 1. The summed E-state index contributed by atoms with van der Waals surface area (Å²) in [6, 6.07) is 7.85. The van der Waals surface area contributed by atoms with Crippen LogP contribution in [0.25, 0.3) is 10.7 Å². The highest BCUT2D eigenvalue weighted by Gasteiger charge is 2.08. The Bertz CT molecular complexity index is 690. The molecule has 6 nitrogen and oxygen atoms in total. The number of carbonyl (C=O) groups is 1. The molecule has 0 aliphatic carbocycles. The van der Waals surface area contributed by atoms with Gasteiger partial charge in [0.2, 0.25) is 11.7 Å².